The van der Waals surface area contributed by atoms with E-state index in [0.717, 1.165) is 49.7 Å². The molecule has 0 N–H and O–H groups in total. The van der Waals surface area contributed by atoms with Crippen molar-refractivity contribution in [2.24, 2.45) is 5.92 Å². The van der Waals surface area contributed by atoms with E-state index in [2.05, 4.69) is 16.2 Å². The van der Waals surface area contributed by atoms with Crippen LogP contribution in [0.4, 0.5) is 0 Å². The molecule has 1 aliphatic rings. The lowest BCUT2D eigenvalue weighted by Crippen LogP contribution is -2.35. The van der Waals surface area contributed by atoms with Crippen LogP contribution in [0.5, 0.6) is 0 Å². The van der Waals surface area contributed by atoms with Gasteiger partial charge in [0.1, 0.15) is 11.6 Å². The summed E-state index contributed by atoms with van der Waals surface area (Å²) in [5.74, 6) is 0.616. The van der Waals surface area contributed by atoms with E-state index in [1.165, 1.54) is 6.20 Å². The van der Waals surface area contributed by atoms with Gasteiger partial charge in [-0.05, 0) is 39.2 Å². The van der Waals surface area contributed by atoms with Gasteiger partial charge < -0.3 is 9.64 Å². The standard InChI is InChI=1S/C19H25N5O2/c1-4-23(11-15-7-8-26-12-15)18(25)6-5-17-13(2)22-19-16(9-20)10-21-24(19)14(17)3/h10,15H,4-8,11-12H2,1-3H3/t15-/m1/s1. The first kappa shape index (κ1) is 18.3. The average Bonchev–Trinajstić information content (AvgIpc) is 3.28. The molecule has 1 aliphatic heterocycles. The molecule has 3 heterocycles. The molecule has 2 aromatic rings. The number of amides is 1. The van der Waals surface area contributed by atoms with Crippen molar-refractivity contribution in [1.82, 2.24) is 19.5 Å². The van der Waals surface area contributed by atoms with E-state index in [1.807, 2.05) is 25.7 Å². The highest BCUT2D eigenvalue weighted by molar-refractivity contribution is 5.76. The van der Waals surface area contributed by atoms with Crippen molar-refractivity contribution in [2.45, 2.75) is 40.0 Å². The van der Waals surface area contributed by atoms with Crippen molar-refractivity contribution < 1.29 is 9.53 Å². The average molecular weight is 355 g/mol. The Kier molecular flexibility index (Phi) is 5.52. The van der Waals surface area contributed by atoms with Crippen molar-refractivity contribution in [3.8, 4) is 6.07 Å². The molecule has 0 unspecified atom stereocenters. The molecule has 3 rings (SSSR count). The first-order valence-electron chi connectivity index (χ1n) is 9.14. The SMILES string of the molecule is CCN(C[C@H]1CCOC1)C(=O)CCc1c(C)nc2c(C#N)cnn2c1C. The highest BCUT2D eigenvalue weighted by Crippen LogP contribution is 2.19. The molecule has 2 aromatic heterocycles. The van der Waals surface area contributed by atoms with Crippen LogP contribution in [0, 0.1) is 31.1 Å². The predicted molar refractivity (Wildman–Crippen MR) is 96.7 cm³/mol. The molecule has 138 valence electrons. The molecule has 0 saturated carbocycles. The molecule has 0 aromatic carbocycles. The van der Waals surface area contributed by atoms with Crippen molar-refractivity contribution in [1.29, 1.82) is 5.26 Å². The van der Waals surface area contributed by atoms with Gasteiger partial charge in [-0.15, -0.1) is 0 Å². The maximum absolute atomic E-state index is 12.7. The third-order valence-electron chi connectivity index (χ3n) is 5.15. The monoisotopic (exact) mass is 355 g/mol. The number of hydrogen-bond acceptors (Lipinski definition) is 5. The summed E-state index contributed by atoms with van der Waals surface area (Å²) in [5, 5.41) is 13.4. The molecule has 7 nitrogen and oxygen atoms in total. The summed E-state index contributed by atoms with van der Waals surface area (Å²) in [6.07, 6.45) is 3.64. The zero-order valence-electron chi connectivity index (χ0n) is 15.7. The topological polar surface area (TPSA) is 83.5 Å². The number of hydrogen-bond donors (Lipinski definition) is 0. The number of ether oxygens (including phenoxy) is 1. The van der Waals surface area contributed by atoms with Crippen LogP contribution in [-0.2, 0) is 16.0 Å². The summed E-state index contributed by atoms with van der Waals surface area (Å²) in [7, 11) is 0. The number of fused-ring (bicyclic) bond motifs is 1. The molecule has 7 heteroatoms. The number of carbonyl (C=O) groups excluding carboxylic acids is 1. The van der Waals surface area contributed by atoms with E-state index >= 15 is 0 Å². The molecule has 1 fully saturated rings. The van der Waals surface area contributed by atoms with Crippen molar-refractivity contribution in [2.75, 3.05) is 26.3 Å². The Morgan fingerprint density at radius 2 is 2.31 bits per heavy atom. The Balaban J connectivity index is 1.72. The van der Waals surface area contributed by atoms with Gasteiger partial charge in [0.15, 0.2) is 5.65 Å². The molecule has 1 amide bonds. The summed E-state index contributed by atoms with van der Waals surface area (Å²) < 4.78 is 7.11. The lowest BCUT2D eigenvalue weighted by molar-refractivity contribution is -0.131. The van der Waals surface area contributed by atoms with Crippen LogP contribution in [0.25, 0.3) is 5.65 Å². The van der Waals surface area contributed by atoms with Crippen LogP contribution in [-0.4, -0.2) is 51.7 Å². The Morgan fingerprint density at radius 1 is 1.50 bits per heavy atom. The number of nitrogens with zero attached hydrogens (tertiary/aromatic N) is 5. The minimum absolute atomic E-state index is 0.163. The molecular weight excluding hydrogens is 330 g/mol. The van der Waals surface area contributed by atoms with Gasteiger partial charge >= 0.3 is 0 Å². The Bertz CT molecular complexity index is 846. The van der Waals surface area contributed by atoms with Crippen molar-refractivity contribution in [3.05, 3.63) is 28.7 Å². The van der Waals surface area contributed by atoms with Crippen LogP contribution >= 0.6 is 0 Å². The van der Waals surface area contributed by atoms with E-state index in [0.29, 0.717) is 30.0 Å². The zero-order valence-corrected chi connectivity index (χ0v) is 15.7. The maximum atomic E-state index is 12.7. The molecule has 0 aliphatic carbocycles. The van der Waals surface area contributed by atoms with E-state index < -0.39 is 0 Å². The summed E-state index contributed by atoms with van der Waals surface area (Å²) in [6.45, 7) is 8.95. The second-order valence-electron chi connectivity index (χ2n) is 6.83. The van der Waals surface area contributed by atoms with Crippen LogP contribution < -0.4 is 0 Å². The molecule has 1 saturated heterocycles. The summed E-state index contributed by atoms with van der Waals surface area (Å²) in [5.41, 5.74) is 3.86. The largest absolute Gasteiger partial charge is 0.381 e. The van der Waals surface area contributed by atoms with Gasteiger partial charge in [0.2, 0.25) is 5.91 Å². The number of nitriles is 1. The quantitative estimate of drug-likeness (QED) is 0.792. The van der Waals surface area contributed by atoms with Crippen molar-refractivity contribution >= 4 is 11.6 Å². The fourth-order valence-electron chi connectivity index (χ4n) is 3.59. The fraction of sp³-hybridized carbons (Fsp3) is 0.579. The number of rotatable bonds is 6. The van der Waals surface area contributed by atoms with E-state index in [4.69, 9.17) is 10.00 Å². The van der Waals surface area contributed by atoms with Gasteiger partial charge in [0, 0.05) is 43.4 Å². The van der Waals surface area contributed by atoms with Gasteiger partial charge in [0.25, 0.3) is 0 Å². The summed E-state index contributed by atoms with van der Waals surface area (Å²) in [4.78, 5) is 19.1. The van der Waals surface area contributed by atoms with E-state index in [-0.39, 0.29) is 5.91 Å². The smallest absolute Gasteiger partial charge is 0.222 e. The molecule has 0 spiro atoms. The number of carbonyl (C=O) groups is 1. The third-order valence-corrected chi connectivity index (χ3v) is 5.15. The highest BCUT2D eigenvalue weighted by atomic mass is 16.5. The first-order valence-corrected chi connectivity index (χ1v) is 9.14. The van der Waals surface area contributed by atoms with Crippen LogP contribution in [0.1, 0.15) is 42.3 Å². The second kappa shape index (κ2) is 7.83. The van der Waals surface area contributed by atoms with E-state index in [9.17, 15) is 4.79 Å². The highest BCUT2D eigenvalue weighted by Gasteiger charge is 2.22. The van der Waals surface area contributed by atoms with Crippen LogP contribution in [0.3, 0.4) is 0 Å². The Hall–Kier alpha value is -2.46. The molecule has 0 bridgehead atoms. The molecule has 1 atom stereocenters. The minimum atomic E-state index is 0.163. The second-order valence-corrected chi connectivity index (χ2v) is 6.83. The van der Waals surface area contributed by atoms with Gasteiger partial charge in [-0.1, -0.05) is 0 Å². The molecule has 26 heavy (non-hydrogen) atoms. The Morgan fingerprint density at radius 3 is 2.96 bits per heavy atom. The van der Waals surface area contributed by atoms with Crippen LogP contribution in [0.15, 0.2) is 6.20 Å². The van der Waals surface area contributed by atoms with Crippen molar-refractivity contribution in [3.63, 3.8) is 0 Å². The van der Waals surface area contributed by atoms with Crippen LogP contribution in [0.2, 0.25) is 0 Å². The normalized spacial score (nSPS) is 16.8. The third kappa shape index (κ3) is 3.56. The van der Waals surface area contributed by atoms with Gasteiger partial charge in [-0.3, -0.25) is 4.79 Å². The lowest BCUT2D eigenvalue weighted by Gasteiger charge is -2.24. The maximum Gasteiger partial charge on any atom is 0.222 e. The van der Waals surface area contributed by atoms with Gasteiger partial charge in [-0.25, -0.2) is 9.50 Å². The van der Waals surface area contributed by atoms with Gasteiger partial charge in [-0.2, -0.15) is 10.4 Å². The van der Waals surface area contributed by atoms with Gasteiger partial charge in [0.05, 0.1) is 12.8 Å². The Labute approximate surface area is 153 Å². The zero-order chi connectivity index (χ0) is 18.7. The van der Waals surface area contributed by atoms with E-state index in [1.54, 1.807) is 4.52 Å². The number of aromatic nitrogens is 3. The molecular formula is C19H25N5O2. The molecule has 0 radical (unpaired) electrons. The minimum Gasteiger partial charge on any atom is -0.381 e. The summed E-state index contributed by atoms with van der Waals surface area (Å²) >= 11 is 0. The summed E-state index contributed by atoms with van der Waals surface area (Å²) in [6, 6.07) is 2.11. The first-order chi connectivity index (χ1) is 12.5. The number of aryl methyl sites for hydroxylation is 2. The lowest BCUT2D eigenvalue weighted by atomic mass is 10.0. The predicted octanol–water partition coefficient (Wildman–Crippen LogP) is 2.04. The fourth-order valence-corrected chi connectivity index (χ4v) is 3.59.